The molecule has 0 atom stereocenters. The molecule has 1 N–H and O–H groups in total. The summed E-state index contributed by atoms with van der Waals surface area (Å²) in [6, 6.07) is 14.6. The Morgan fingerprint density at radius 2 is 2.05 bits per heavy atom. The molecular formula is C15H10N4O2. The highest BCUT2D eigenvalue weighted by atomic mass is 16.5. The standard InChI is InChI=1S/C15H10N4O2/c16-9-17-15(21-11-5-2-1-3-6-11)19-13-8-4-7-12-14(13)20-10-18-12/h1-8,10H,(H,17,19). The largest absolute Gasteiger partial charge is 0.441 e. The van der Waals surface area contributed by atoms with E-state index in [0.29, 0.717) is 22.5 Å². The van der Waals surface area contributed by atoms with Gasteiger partial charge in [-0.05, 0) is 24.3 Å². The number of nitrogens with zero attached hydrogens (tertiary/aromatic N) is 3. The predicted octanol–water partition coefficient (Wildman–Crippen LogP) is 3.16. The molecule has 0 aliphatic carbocycles. The summed E-state index contributed by atoms with van der Waals surface area (Å²) in [5, 5.41) is 11.7. The average Bonchev–Trinajstić information content (AvgIpc) is 2.98. The van der Waals surface area contributed by atoms with Crippen molar-refractivity contribution in [1.29, 1.82) is 5.26 Å². The van der Waals surface area contributed by atoms with Crippen LogP contribution in [0.2, 0.25) is 0 Å². The van der Waals surface area contributed by atoms with Gasteiger partial charge in [0.2, 0.25) is 6.19 Å². The third kappa shape index (κ3) is 2.82. The summed E-state index contributed by atoms with van der Waals surface area (Å²) < 4.78 is 10.8. The van der Waals surface area contributed by atoms with Gasteiger partial charge in [-0.25, -0.2) is 4.98 Å². The van der Waals surface area contributed by atoms with Crippen LogP contribution in [0.4, 0.5) is 5.69 Å². The first-order valence-corrected chi connectivity index (χ1v) is 6.16. The lowest BCUT2D eigenvalue weighted by Gasteiger charge is -2.09. The Balaban J connectivity index is 1.88. The van der Waals surface area contributed by atoms with E-state index in [2.05, 4.69) is 15.3 Å². The van der Waals surface area contributed by atoms with Crippen LogP contribution >= 0.6 is 0 Å². The van der Waals surface area contributed by atoms with Crippen molar-refractivity contribution in [3.8, 4) is 11.9 Å². The lowest BCUT2D eigenvalue weighted by Crippen LogP contribution is -2.19. The Kier molecular flexibility index (Phi) is 3.48. The number of hydrogen-bond donors (Lipinski definition) is 1. The van der Waals surface area contributed by atoms with E-state index in [0.717, 1.165) is 0 Å². The molecule has 0 spiro atoms. The van der Waals surface area contributed by atoms with Crippen molar-refractivity contribution in [1.82, 2.24) is 4.98 Å². The first kappa shape index (κ1) is 12.7. The highest BCUT2D eigenvalue weighted by Crippen LogP contribution is 2.22. The number of hydrogen-bond acceptors (Lipinski definition) is 5. The predicted molar refractivity (Wildman–Crippen MR) is 77.7 cm³/mol. The van der Waals surface area contributed by atoms with Crippen molar-refractivity contribution < 1.29 is 9.15 Å². The number of para-hydroxylation sites is 2. The summed E-state index contributed by atoms with van der Waals surface area (Å²) >= 11 is 0. The van der Waals surface area contributed by atoms with Crippen LogP contribution in [0.15, 0.2) is 64.3 Å². The SMILES string of the molecule is N#CN=C(Nc1cccc2ncoc12)Oc1ccccc1. The number of nitrogens with one attached hydrogen (secondary N) is 1. The summed E-state index contributed by atoms with van der Waals surface area (Å²) in [6.07, 6.45) is 3.06. The minimum absolute atomic E-state index is 0.0626. The van der Waals surface area contributed by atoms with E-state index >= 15 is 0 Å². The number of benzene rings is 2. The van der Waals surface area contributed by atoms with Crippen molar-refractivity contribution in [2.24, 2.45) is 4.99 Å². The maximum absolute atomic E-state index is 8.77. The third-order valence-corrected chi connectivity index (χ3v) is 2.71. The molecule has 21 heavy (non-hydrogen) atoms. The van der Waals surface area contributed by atoms with Gasteiger partial charge in [-0.1, -0.05) is 24.3 Å². The Hall–Kier alpha value is -3.33. The molecule has 2 aromatic carbocycles. The van der Waals surface area contributed by atoms with E-state index in [1.165, 1.54) is 6.39 Å². The Labute approximate surface area is 120 Å². The molecule has 0 unspecified atom stereocenters. The maximum atomic E-state index is 8.77. The molecule has 0 aliphatic rings. The minimum atomic E-state index is 0.0626. The maximum Gasteiger partial charge on any atom is 0.310 e. The number of aliphatic imine (C=N–C) groups is 1. The normalized spacial score (nSPS) is 11.1. The Bertz CT molecular complexity index is 818. The van der Waals surface area contributed by atoms with Crippen LogP contribution in [0.25, 0.3) is 11.1 Å². The molecule has 0 fully saturated rings. The molecule has 6 heteroatoms. The Morgan fingerprint density at radius 1 is 1.19 bits per heavy atom. The first-order chi connectivity index (χ1) is 10.4. The van der Waals surface area contributed by atoms with Crippen LogP contribution in [0.1, 0.15) is 0 Å². The molecular weight excluding hydrogens is 268 g/mol. The van der Waals surface area contributed by atoms with Crippen LogP contribution in [0, 0.1) is 11.5 Å². The molecule has 0 aliphatic heterocycles. The molecule has 0 saturated carbocycles. The minimum Gasteiger partial charge on any atom is -0.441 e. The number of anilines is 1. The van der Waals surface area contributed by atoms with E-state index in [-0.39, 0.29) is 6.02 Å². The number of rotatable bonds is 2. The van der Waals surface area contributed by atoms with E-state index in [1.54, 1.807) is 24.4 Å². The highest BCUT2D eigenvalue weighted by molar-refractivity contribution is 5.98. The molecule has 0 radical (unpaired) electrons. The monoisotopic (exact) mass is 278 g/mol. The van der Waals surface area contributed by atoms with Gasteiger partial charge in [0.15, 0.2) is 12.0 Å². The number of nitriles is 1. The van der Waals surface area contributed by atoms with Gasteiger partial charge in [0.05, 0.1) is 5.69 Å². The molecule has 3 aromatic rings. The van der Waals surface area contributed by atoms with Gasteiger partial charge < -0.3 is 14.5 Å². The van der Waals surface area contributed by atoms with Crippen LogP contribution < -0.4 is 10.1 Å². The quantitative estimate of drug-likeness (QED) is 0.442. The summed E-state index contributed by atoms with van der Waals surface area (Å²) in [6.45, 7) is 0. The fourth-order valence-corrected chi connectivity index (χ4v) is 1.82. The summed E-state index contributed by atoms with van der Waals surface area (Å²) in [5.74, 6) is 0.573. The molecule has 0 bridgehead atoms. The second-order valence-electron chi connectivity index (χ2n) is 4.06. The van der Waals surface area contributed by atoms with Gasteiger partial charge in [-0.3, -0.25) is 0 Å². The number of oxazole rings is 1. The Morgan fingerprint density at radius 3 is 2.86 bits per heavy atom. The number of aromatic nitrogens is 1. The first-order valence-electron chi connectivity index (χ1n) is 6.16. The van der Waals surface area contributed by atoms with Crippen molar-refractivity contribution in [2.45, 2.75) is 0 Å². The highest BCUT2D eigenvalue weighted by Gasteiger charge is 2.09. The van der Waals surface area contributed by atoms with E-state index < -0.39 is 0 Å². The zero-order chi connectivity index (χ0) is 14.5. The molecule has 0 amide bonds. The van der Waals surface area contributed by atoms with Crippen LogP contribution in [0.5, 0.6) is 5.75 Å². The molecule has 1 heterocycles. The fraction of sp³-hybridized carbons (Fsp3) is 0. The smallest absolute Gasteiger partial charge is 0.310 e. The average molecular weight is 278 g/mol. The molecule has 0 saturated heterocycles. The lowest BCUT2D eigenvalue weighted by molar-refractivity contribution is 0.549. The van der Waals surface area contributed by atoms with Crippen molar-refractivity contribution in [2.75, 3.05) is 5.32 Å². The van der Waals surface area contributed by atoms with Gasteiger partial charge in [-0.2, -0.15) is 5.26 Å². The van der Waals surface area contributed by atoms with Gasteiger partial charge in [-0.15, -0.1) is 4.99 Å². The summed E-state index contributed by atoms with van der Waals surface area (Å²) in [7, 11) is 0. The van der Waals surface area contributed by atoms with E-state index in [4.69, 9.17) is 14.4 Å². The third-order valence-electron chi connectivity index (χ3n) is 2.71. The summed E-state index contributed by atoms with van der Waals surface area (Å²) in [4.78, 5) is 7.70. The van der Waals surface area contributed by atoms with Crippen LogP contribution in [0.3, 0.4) is 0 Å². The van der Waals surface area contributed by atoms with Gasteiger partial charge in [0.1, 0.15) is 11.3 Å². The molecule has 3 rings (SSSR count). The molecule has 102 valence electrons. The van der Waals surface area contributed by atoms with Crippen molar-refractivity contribution in [3.05, 3.63) is 54.9 Å². The zero-order valence-electron chi connectivity index (χ0n) is 10.9. The zero-order valence-corrected chi connectivity index (χ0v) is 10.9. The van der Waals surface area contributed by atoms with Crippen molar-refractivity contribution >= 4 is 22.8 Å². The number of amidine groups is 1. The summed E-state index contributed by atoms with van der Waals surface area (Å²) in [5.41, 5.74) is 1.89. The van der Waals surface area contributed by atoms with Crippen LogP contribution in [-0.2, 0) is 0 Å². The van der Waals surface area contributed by atoms with Gasteiger partial charge >= 0.3 is 6.02 Å². The second kappa shape index (κ2) is 5.75. The fourth-order valence-electron chi connectivity index (χ4n) is 1.82. The topological polar surface area (TPSA) is 83.4 Å². The number of ether oxygens (including phenoxy) is 1. The lowest BCUT2D eigenvalue weighted by atomic mass is 10.3. The van der Waals surface area contributed by atoms with Gasteiger partial charge in [0, 0.05) is 0 Å². The number of fused-ring (bicyclic) bond motifs is 1. The van der Waals surface area contributed by atoms with Gasteiger partial charge in [0.25, 0.3) is 0 Å². The molecule has 1 aromatic heterocycles. The van der Waals surface area contributed by atoms with Crippen LogP contribution in [-0.4, -0.2) is 11.0 Å². The van der Waals surface area contributed by atoms with E-state index in [9.17, 15) is 0 Å². The second-order valence-corrected chi connectivity index (χ2v) is 4.06. The van der Waals surface area contributed by atoms with Crippen molar-refractivity contribution in [3.63, 3.8) is 0 Å². The molecule has 6 nitrogen and oxygen atoms in total. The van der Waals surface area contributed by atoms with E-state index in [1.807, 2.05) is 30.3 Å².